The SMILES string of the molecule is CC(Cn1cnnn1)Oc1cc(-c2cnc(Nc3cn(C4CC5(C4)CN(C4(C)CCOCC4)C5)nc3C(C)C)nc2)ccc1Cl. The number of nitrogens with one attached hydrogen (secondary N) is 1. The van der Waals surface area contributed by atoms with Crippen LogP contribution >= 0.6 is 11.6 Å². The molecule has 1 saturated carbocycles. The molecule has 12 nitrogen and oxygen atoms in total. The molecule has 13 heteroatoms. The van der Waals surface area contributed by atoms with Crippen molar-refractivity contribution in [3.8, 4) is 16.9 Å². The Morgan fingerprint density at radius 1 is 1.09 bits per heavy atom. The largest absolute Gasteiger partial charge is 0.487 e. The highest BCUT2D eigenvalue weighted by atomic mass is 35.5. The molecule has 2 aliphatic heterocycles. The minimum atomic E-state index is -0.186. The molecule has 3 fully saturated rings. The van der Waals surface area contributed by atoms with E-state index in [0.717, 1.165) is 48.6 Å². The van der Waals surface area contributed by atoms with E-state index in [1.807, 2.05) is 37.5 Å². The Morgan fingerprint density at radius 3 is 2.53 bits per heavy atom. The Bertz CT molecular complexity index is 1600. The van der Waals surface area contributed by atoms with E-state index in [0.29, 0.717) is 40.3 Å². The van der Waals surface area contributed by atoms with E-state index >= 15 is 0 Å². The van der Waals surface area contributed by atoms with Gasteiger partial charge in [0.25, 0.3) is 0 Å². The summed E-state index contributed by atoms with van der Waals surface area (Å²) >= 11 is 6.45. The molecule has 5 heterocycles. The Labute approximate surface area is 268 Å². The van der Waals surface area contributed by atoms with Crippen molar-refractivity contribution in [3.05, 3.63) is 53.8 Å². The van der Waals surface area contributed by atoms with Gasteiger partial charge in [-0.05, 0) is 79.0 Å². The molecule has 1 N–H and O–H groups in total. The van der Waals surface area contributed by atoms with Crippen molar-refractivity contribution in [2.24, 2.45) is 5.41 Å². The van der Waals surface area contributed by atoms with Gasteiger partial charge in [-0.1, -0.05) is 31.5 Å². The Hall–Kier alpha value is -3.61. The molecule has 0 radical (unpaired) electrons. The minimum Gasteiger partial charge on any atom is -0.487 e. The number of rotatable bonds is 10. The lowest BCUT2D eigenvalue weighted by molar-refractivity contribution is -0.156. The number of benzene rings is 1. The van der Waals surface area contributed by atoms with Crippen LogP contribution in [-0.4, -0.2) is 82.8 Å². The van der Waals surface area contributed by atoms with Crippen LogP contribution in [0.3, 0.4) is 0 Å². The van der Waals surface area contributed by atoms with Crippen molar-refractivity contribution >= 4 is 23.2 Å². The fraction of sp³-hybridized carbons (Fsp3) is 0.562. The van der Waals surface area contributed by atoms with Gasteiger partial charge >= 0.3 is 0 Å². The van der Waals surface area contributed by atoms with Crippen LogP contribution in [0, 0.1) is 5.41 Å². The van der Waals surface area contributed by atoms with Crippen LogP contribution in [0.25, 0.3) is 11.1 Å². The van der Waals surface area contributed by atoms with Crippen molar-refractivity contribution < 1.29 is 9.47 Å². The van der Waals surface area contributed by atoms with E-state index in [2.05, 4.69) is 67.4 Å². The van der Waals surface area contributed by atoms with Crippen LogP contribution in [0.15, 0.2) is 43.1 Å². The maximum Gasteiger partial charge on any atom is 0.227 e. The molecular weight excluding hydrogens is 592 g/mol. The first-order valence-corrected chi connectivity index (χ1v) is 16.2. The number of hydrogen-bond acceptors (Lipinski definition) is 10. The first-order valence-electron chi connectivity index (χ1n) is 15.9. The number of halogens is 1. The lowest BCUT2D eigenvalue weighted by atomic mass is 9.59. The topological polar surface area (TPSA) is 121 Å². The smallest absolute Gasteiger partial charge is 0.227 e. The van der Waals surface area contributed by atoms with E-state index in [4.69, 9.17) is 26.2 Å². The van der Waals surface area contributed by atoms with Gasteiger partial charge in [0.1, 0.15) is 18.2 Å². The molecule has 1 aromatic carbocycles. The summed E-state index contributed by atoms with van der Waals surface area (Å²) in [4.78, 5) is 12.0. The third-order valence-electron chi connectivity index (χ3n) is 9.73. The molecule has 2 saturated heterocycles. The zero-order valence-electron chi connectivity index (χ0n) is 26.4. The highest BCUT2D eigenvalue weighted by molar-refractivity contribution is 6.32. The Kier molecular flexibility index (Phi) is 7.99. The van der Waals surface area contributed by atoms with E-state index in [1.54, 1.807) is 11.0 Å². The standard InChI is InChI=1S/C32H41ClN10O2/c1-21(2)29-27(17-43(38-29)25-12-32(13-25)18-41(19-32)31(4)7-9-44-10-8-31)37-30-34-14-24(15-35-30)23-5-6-26(33)28(11-23)45-22(3)16-42-20-36-39-40-42/h5-6,11,14-15,17,20-22,25H,7-10,12-13,16,18-19H2,1-4H3,(H,34,35,37). The van der Waals surface area contributed by atoms with E-state index < -0.39 is 0 Å². The van der Waals surface area contributed by atoms with Gasteiger partial charge in [-0.3, -0.25) is 9.58 Å². The summed E-state index contributed by atoms with van der Waals surface area (Å²) in [5.41, 5.74) is 4.51. The van der Waals surface area contributed by atoms with Crippen LogP contribution in [0.1, 0.15) is 71.0 Å². The van der Waals surface area contributed by atoms with Crippen LogP contribution < -0.4 is 10.1 Å². The maximum absolute atomic E-state index is 6.45. The van der Waals surface area contributed by atoms with Gasteiger partial charge in [-0.25, -0.2) is 14.6 Å². The molecule has 1 unspecified atom stereocenters. The van der Waals surface area contributed by atoms with Crippen molar-refractivity contribution in [3.63, 3.8) is 0 Å². The summed E-state index contributed by atoms with van der Waals surface area (Å²) in [5, 5.41) is 20.2. The number of hydrogen-bond donors (Lipinski definition) is 1. The molecule has 0 amide bonds. The predicted molar refractivity (Wildman–Crippen MR) is 171 cm³/mol. The van der Waals surface area contributed by atoms with E-state index in [-0.39, 0.29) is 12.0 Å². The number of tetrazole rings is 1. The van der Waals surface area contributed by atoms with Gasteiger partial charge in [0, 0.05) is 56.0 Å². The van der Waals surface area contributed by atoms with E-state index in [1.165, 1.54) is 25.9 Å². The first kappa shape index (κ1) is 30.1. The van der Waals surface area contributed by atoms with Crippen molar-refractivity contribution in [2.75, 3.05) is 31.6 Å². The molecule has 1 spiro atoms. The van der Waals surface area contributed by atoms with Gasteiger partial charge in [0.2, 0.25) is 5.95 Å². The van der Waals surface area contributed by atoms with Gasteiger partial charge in [-0.15, -0.1) is 5.10 Å². The molecular formula is C32H41ClN10O2. The molecule has 0 bridgehead atoms. The molecule has 45 heavy (non-hydrogen) atoms. The van der Waals surface area contributed by atoms with Gasteiger partial charge in [-0.2, -0.15) is 5.10 Å². The molecule has 3 aromatic heterocycles. The Balaban J connectivity index is 0.987. The molecule has 7 rings (SSSR count). The number of aromatic nitrogens is 8. The molecule has 238 valence electrons. The Morgan fingerprint density at radius 2 is 1.84 bits per heavy atom. The summed E-state index contributed by atoms with van der Waals surface area (Å²) in [7, 11) is 0. The quantitative estimate of drug-likeness (QED) is 0.239. The third kappa shape index (κ3) is 6.15. The number of nitrogens with zero attached hydrogens (tertiary/aromatic N) is 9. The van der Waals surface area contributed by atoms with Crippen LogP contribution in [0.5, 0.6) is 5.75 Å². The van der Waals surface area contributed by atoms with Gasteiger partial charge in [0.05, 0.1) is 29.0 Å². The van der Waals surface area contributed by atoms with Gasteiger partial charge < -0.3 is 14.8 Å². The van der Waals surface area contributed by atoms with Crippen LogP contribution in [0.4, 0.5) is 11.6 Å². The fourth-order valence-corrected chi connectivity index (χ4v) is 7.15. The maximum atomic E-state index is 6.45. The zero-order valence-corrected chi connectivity index (χ0v) is 27.1. The lowest BCUT2D eigenvalue weighted by Gasteiger charge is -2.64. The number of ether oxygens (including phenoxy) is 2. The predicted octanol–water partition coefficient (Wildman–Crippen LogP) is 5.52. The molecule has 1 atom stereocenters. The van der Waals surface area contributed by atoms with Crippen LogP contribution in [-0.2, 0) is 11.3 Å². The highest BCUT2D eigenvalue weighted by Gasteiger charge is 2.56. The van der Waals surface area contributed by atoms with Crippen LogP contribution in [0.2, 0.25) is 5.02 Å². The number of likely N-dealkylation sites (tertiary alicyclic amines) is 1. The molecule has 4 aromatic rings. The average Bonchev–Trinajstić information content (AvgIpc) is 3.64. The monoisotopic (exact) mass is 632 g/mol. The first-order chi connectivity index (χ1) is 21.7. The summed E-state index contributed by atoms with van der Waals surface area (Å²) in [6, 6.07) is 6.09. The lowest BCUT2D eigenvalue weighted by Crippen LogP contribution is -2.69. The van der Waals surface area contributed by atoms with Crippen molar-refractivity contribution in [2.45, 2.75) is 83.5 Å². The molecule has 1 aliphatic carbocycles. The van der Waals surface area contributed by atoms with Gasteiger partial charge in [0.15, 0.2) is 0 Å². The highest BCUT2D eigenvalue weighted by Crippen LogP contribution is 2.56. The second-order valence-electron chi connectivity index (χ2n) is 13.6. The van der Waals surface area contributed by atoms with Crippen molar-refractivity contribution in [1.82, 2.24) is 44.9 Å². The third-order valence-corrected chi connectivity index (χ3v) is 10.0. The fourth-order valence-electron chi connectivity index (χ4n) is 6.99. The summed E-state index contributed by atoms with van der Waals surface area (Å²) in [6.45, 7) is 13.4. The van der Waals surface area contributed by atoms with E-state index in [9.17, 15) is 0 Å². The average molecular weight is 633 g/mol. The van der Waals surface area contributed by atoms with Crippen molar-refractivity contribution in [1.29, 1.82) is 0 Å². The minimum absolute atomic E-state index is 0.186. The normalized spacial score (nSPS) is 20.1. The summed E-state index contributed by atoms with van der Waals surface area (Å²) in [5.74, 6) is 1.38. The number of anilines is 2. The summed E-state index contributed by atoms with van der Waals surface area (Å²) < 4.78 is 15.5. The second-order valence-corrected chi connectivity index (χ2v) is 14.0. The second kappa shape index (κ2) is 12.0. The molecule has 3 aliphatic rings. The summed E-state index contributed by atoms with van der Waals surface area (Å²) in [6.07, 6.45) is 11.8. The zero-order chi connectivity index (χ0) is 31.2.